The van der Waals surface area contributed by atoms with E-state index in [2.05, 4.69) is 51.2 Å². The first-order valence-corrected chi connectivity index (χ1v) is 26.0. The lowest BCUT2D eigenvalue weighted by molar-refractivity contribution is -0.166. The number of rotatable bonds is 47. The Bertz CT molecular complexity index is 1020. The number of unbranched alkanes of at least 4 members (excludes halogenated alkanes) is 30. The van der Waals surface area contributed by atoms with E-state index in [9.17, 15) is 14.4 Å². The van der Waals surface area contributed by atoms with E-state index in [1.807, 2.05) is 6.08 Å². The fraction of sp³-hybridized carbons (Fsp3) is 0.833. The maximum Gasteiger partial charge on any atom is 0.306 e. The summed E-state index contributed by atoms with van der Waals surface area (Å²) < 4.78 is 16.7. The standard InChI is InChI=1S/C54H98O6/c1-4-7-10-13-16-19-22-25-26-27-30-32-35-38-41-44-47-53(56)59-50-51(60-54(57)48-45-42-39-36-33-29-24-21-18-15-12-9-6-3)49-58-52(55)46-43-40-37-34-31-28-23-20-17-14-11-8-5-2/h28-29,31,33,39,42,51H,4-27,30,32,34-38,40-41,43-50H2,1-3H3/b31-28+,33-29+,42-39+. The monoisotopic (exact) mass is 843 g/mol. The first-order chi connectivity index (χ1) is 29.5. The first-order valence-electron chi connectivity index (χ1n) is 26.0. The van der Waals surface area contributed by atoms with Crippen molar-refractivity contribution >= 4 is 17.9 Å². The highest BCUT2D eigenvalue weighted by atomic mass is 16.6. The van der Waals surface area contributed by atoms with Crippen LogP contribution in [0.3, 0.4) is 0 Å². The number of hydrogen-bond acceptors (Lipinski definition) is 6. The van der Waals surface area contributed by atoms with Crippen molar-refractivity contribution in [1.82, 2.24) is 0 Å². The van der Waals surface area contributed by atoms with Gasteiger partial charge in [-0.1, -0.05) is 224 Å². The molecular weight excluding hydrogens is 745 g/mol. The Morgan fingerprint density at radius 2 is 0.633 bits per heavy atom. The van der Waals surface area contributed by atoms with Gasteiger partial charge in [-0.2, -0.15) is 0 Å². The molecule has 0 radical (unpaired) electrons. The minimum Gasteiger partial charge on any atom is -0.462 e. The van der Waals surface area contributed by atoms with Crippen molar-refractivity contribution in [3.05, 3.63) is 36.5 Å². The molecule has 0 aromatic rings. The SMILES string of the molecule is CCCCCCCC/C=C/C/C=C/CCC(=O)OC(COC(=O)CCCCC/C=C/CCCCCCCC)COC(=O)CCCCCCCCCCCCCCCCCC. The zero-order chi connectivity index (χ0) is 43.7. The molecule has 0 aliphatic carbocycles. The van der Waals surface area contributed by atoms with Gasteiger partial charge >= 0.3 is 17.9 Å². The highest BCUT2D eigenvalue weighted by molar-refractivity contribution is 5.71. The predicted octanol–water partition coefficient (Wildman–Crippen LogP) is 16.9. The Labute approximate surface area is 372 Å². The van der Waals surface area contributed by atoms with Crippen LogP contribution in [0.2, 0.25) is 0 Å². The Hall–Kier alpha value is -2.37. The van der Waals surface area contributed by atoms with Gasteiger partial charge < -0.3 is 14.2 Å². The largest absolute Gasteiger partial charge is 0.462 e. The molecule has 0 saturated carbocycles. The van der Waals surface area contributed by atoms with Gasteiger partial charge in [0.2, 0.25) is 0 Å². The van der Waals surface area contributed by atoms with Crippen molar-refractivity contribution in [2.45, 2.75) is 277 Å². The minimum atomic E-state index is -0.804. The van der Waals surface area contributed by atoms with Gasteiger partial charge in [0.15, 0.2) is 6.10 Å². The number of hydrogen-bond donors (Lipinski definition) is 0. The van der Waals surface area contributed by atoms with Gasteiger partial charge in [0.25, 0.3) is 0 Å². The van der Waals surface area contributed by atoms with E-state index in [1.165, 1.54) is 161 Å². The van der Waals surface area contributed by atoms with E-state index in [-0.39, 0.29) is 37.5 Å². The smallest absolute Gasteiger partial charge is 0.306 e. The summed E-state index contributed by atoms with van der Waals surface area (Å²) in [5.74, 6) is -0.972. The molecule has 350 valence electrons. The second-order valence-corrected chi connectivity index (χ2v) is 17.4. The van der Waals surface area contributed by atoms with Crippen LogP contribution in [0.25, 0.3) is 0 Å². The van der Waals surface area contributed by atoms with Crippen molar-refractivity contribution < 1.29 is 28.6 Å². The maximum atomic E-state index is 12.7. The van der Waals surface area contributed by atoms with Gasteiger partial charge in [0.1, 0.15) is 13.2 Å². The number of ether oxygens (including phenoxy) is 3. The summed E-state index contributed by atoms with van der Waals surface area (Å²) in [6, 6.07) is 0. The fourth-order valence-corrected chi connectivity index (χ4v) is 7.43. The Balaban J connectivity index is 4.41. The molecule has 6 nitrogen and oxygen atoms in total. The summed E-state index contributed by atoms with van der Waals surface area (Å²) in [5.41, 5.74) is 0. The van der Waals surface area contributed by atoms with E-state index in [0.717, 1.165) is 64.2 Å². The van der Waals surface area contributed by atoms with E-state index in [4.69, 9.17) is 14.2 Å². The van der Waals surface area contributed by atoms with Gasteiger partial charge in [-0.05, 0) is 64.2 Å². The minimum absolute atomic E-state index is 0.0962. The average Bonchev–Trinajstić information content (AvgIpc) is 3.24. The summed E-state index contributed by atoms with van der Waals surface area (Å²) in [7, 11) is 0. The third-order valence-corrected chi connectivity index (χ3v) is 11.4. The normalized spacial score (nSPS) is 12.2. The van der Waals surface area contributed by atoms with Gasteiger partial charge in [-0.3, -0.25) is 14.4 Å². The zero-order valence-electron chi connectivity index (χ0n) is 40.0. The number of allylic oxidation sites excluding steroid dienone is 6. The van der Waals surface area contributed by atoms with E-state index >= 15 is 0 Å². The van der Waals surface area contributed by atoms with E-state index in [1.54, 1.807) is 0 Å². The lowest BCUT2D eigenvalue weighted by Gasteiger charge is -2.18. The first kappa shape index (κ1) is 57.6. The fourth-order valence-electron chi connectivity index (χ4n) is 7.43. The second-order valence-electron chi connectivity index (χ2n) is 17.4. The molecule has 0 heterocycles. The maximum absolute atomic E-state index is 12.7. The molecule has 0 rings (SSSR count). The summed E-state index contributed by atoms with van der Waals surface area (Å²) in [5, 5.41) is 0. The number of carbonyl (C=O) groups excluding carboxylic acids is 3. The van der Waals surface area contributed by atoms with Crippen LogP contribution in [-0.4, -0.2) is 37.2 Å². The van der Waals surface area contributed by atoms with Crippen LogP contribution in [0.4, 0.5) is 0 Å². The van der Waals surface area contributed by atoms with Crippen molar-refractivity contribution in [3.63, 3.8) is 0 Å². The van der Waals surface area contributed by atoms with Gasteiger partial charge in [0, 0.05) is 19.3 Å². The third-order valence-electron chi connectivity index (χ3n) is 11.4. The van der Waals surface area contributed by atoms with Crippen molar-refractivity contribution in [1.29, 1.82) is 0 Å². The molecule has 60 heavy (non-hydrogen) atoms. The average molecular weight is 843 g/mol. The summed E-state index contributed by atoms with van der Waals surface area (Å²) >= 11 is 0. The molecule has 0 N–H and O–H groups in total. The summed E-state index contributed by atoms with van der Waals surface area (Å²) in [6.45, 7) is 6.58. The van der Waals surface area contributed by atoms with E-state index < -0.39 is 6.10 Å². The van der Waals surface area contributed by atoms with Gasteiger partial charge in [-0.15, -0.1) is 0 Å². The Kier molecular flexibility index (Phi) is 47.3. The van der Waals surface area contributed by atoms with Gasteiger partial charge in [0.05, 0.1) is 0 Å². The van der Waals surface area contributed by atoms with Crippen molar-refractivity contribution in [2.24, 2.45) is 0 Å². The number of carbonyl (C=O) groups is 3. The molecule has 1 atom stereocenters. The molecule has 0 amide bonds. The molecule has 0 aliphatic heterocycles. The number of esters is 3. The molecule has 1 unspecified atom stereocenters. The summed E-state index contributed by atoms with van der Waals surface area (Å²) in [4.78, 5) is 37.9. The van der Waals surface area contributed by atoms with Crippen LogP contribution in [0, 0.1) is 0 Å². The Morgan fingerprint density at radius 3 is 1.02 bits per heavy atom. The second kappa shape index (κ2) is 49.3. The molecule has 0 aromatic heterocycles. The lowest BCUT2D eigenvalue weighted by atomic mass is 10.0. The highest BCUT2D eigenvalue weighted by Crippen LogP contribution is 2.15. The molecule has 0 saturated heterocycles. The molecular formula is C54H98O6. The van der Waals surface area contributed by atoms with Crippen LogP contribution < -0.4 is 0 Å². The molecule has 0 bridgehead atoms. The van der Waals surface area contributed by atoms with E-state index in [0.29, 0.717) is 19.3 Å². The van der Waals surface area contributed by atoms with Crippen LogP contribution in [0.5, 0.6) is 0 Å². The molecule has 0 spiro atoms. The lowest BCUT2D eigenvalue weighted by Crippen LogP contribution is -2.30. The van der Waals surface area contributed by atoms with Gasteiger partial charge in [-0.25, -0.2) is 0 Å². The van der Waals surface area contributed by atoms with Crippen LogP contribution in [0.15, 0.2) is 36.5 Å². The zero-order valence-corrected chi connectivity index (χ0v) is 40.0. The van der Waals surface area contributed by atoms with Crippen molar-refractivity contribution in [2.75, 3.05) is 13.2 Å². The van der Waals surface area contributed by atoms with Crippen molar-refractivity contribution in [3.8, 4) is 0 Å². The highest BCUT2D eigenvalue weighted by Gasteiger charge is 2.19. The molecule has 0 aromatic carbocycles. The molecule has 0 fully saturated rings. The third kappa shape index (κ3) is 46.7. The molecule has 6 heteroatoms. The molecule has 0 aliphatic rings. The summed E-state index contributed by atoms with van der Waals surface area (Å²) in [6.07, 6.45) is 57.1. The van der Waals surface area contributed by atoms with Crippen LogP contribution >= 0.6 is 0 Å². The van der Waals surface area contributed by atoms with Crippen LogP contribution in [-0.2, 0) is 28.6 Å². The Morgan fingerprint density at radius 1 is 0.333 bits per heavy atom. The topological polar surface area (TPSA) is 78.9 Å². The quantitative estimate of drug-likeness (QED) is 0.0263. The predicted molar refractivity (Wildman–Crippen MR) is 256 cm³/mol. The van der Waals surface area contributed by atoms with Crippen LogP contribution in [0.1, 0.15) is 271 Å².